The Bertz CT molecular complexity index is 960. The zero-order valence-electron chi connectivity index (χ0n) is 12.2. The van der Waals surface area contributed by atoms with Gasteiger partial charge in [-0.05, 0) is 11.6 Å². The smallest absolute Gasteiger partial charge is 0.314 e. The van der Waals surface area contributed by atoms with Gasteiger partial charge in [0.05, 0.1) is 11.2 Å². The average Bonchev–Trinajstić information content (AvgIpc) is 2.95. The molecule has 0 radical (unpaired) electrons. The van der Waals surface area contributed by atoms with Crippen LogP contribution in [0.3, 0.4) is 0 Å². The molecule has 6 nitrogen and oxygen atoms in total. The SMILES string of the molecule is Cn1cc(-c2ccc(CSc3c[nH]c(=O)c(=O)[nH]3)cc2Cl)cn1. The highest BCUT2D eigenvalue weighted by atomic mass is 35.5. The molecule has 0 saturated carbocycles. The first-order valence-electron chi connectivity index (χ1n) is 6.75. The largest absolute Gasteiger partial charge is 0.322 e. The van der Waals surface area contributed by atoms with Crippen LogP contribution in [-0.4, -0.2) is 19.7 Å². The summed E-state index contributed by atoms with van der Waals surface area (Å²) in [7, 11) is 1.85. The van der Waals surface area contributed by atoms with Gasteiger partial charge in [0.25, 0.3) is 0 Å². The number of benzene rings is 1. The zero-order chi connectivity index (χ0) is 16.4. The monoisotopic (exact) mass is 348 g/mol. The van der Waals surface area contributed by atoms with Gasteiger partial charge in [-0.15, -0.1) is 11.8 Å². The molecule has 0 unspecified atom stereocenters. The first kappa shape index (κ1) is 15.6. The Hall–Kier alpha value is -2.25. The predicted molar refractivity (Wildman–Crippen MR) is 90.9 cm³/mol. The molecule has 0 amide bonds. The van der Waals surface area contributed by atoms with Crippen molar-refractivity contribution in [3.63, 3.8) is 0 Å². The normalized spacial score (nSPS) is 10.9. The van der Waals surface area contributed by atoms with Crippen LogP contribution >= 0.6 is 23.4 Å². The Morgan fingerprint density at radius 1 is 1.30 bits per heavy atom. The lowest BCUT2D eigenvalue weighted by Crippen LogP contribution is -2.28. The van der Waals surface area contributed by atoms with E-state index in [2.05, 4.69) is 15.1 Å². The van der Waals surface area contributed by atoms with Crippen LogP contribution in [-0.2, 0) is 12.8 Å². The fourth-order valence-electron chi connectivity index (χ4n) is 2.08. The van der Waals surface area contributed by atoms with Crippen molar-refractivity contribution in [1.29, 1.82) is 0 Å². The zero-order valence-corrected chi connectivity index (χ0v) is 13.7. The van der Waals surface area contributed by atoms with E-state index in [-0.39, 0.29) is 0 Å². The molecule has 0 spiro atoms. The Labute approximate surface area is 140 Å². The molecule has 0 fully saturated rings. The number of nitrogens with zero attached hydrogens (tertiary/aromatic N) is 2. The number of aryl methyl sites for hydroxylation is 1. The topological polar surface area (TPSA) is 83.5 Å². The minimum absolute atomic E-state index is 0.599. The quantitative estimate of drug-likeness (QED) is 0.560. The minimum atomic E-state index is -0.654. The third-order valence-electron chi connectivity index (χ3n) is 3.22. The average molecular weight is 349 g/mol. The highest BCUT2D eigenvalue weighted by molar-refractivity contribution is 7.98. The van der Waals surface area contributed by atoms with Crippen LogP contribution in [0.4, 0.5) is 0 Å². The molecule has 0 aliphatic heterocycles. The third-order valence-corrected chi connectivity index (χ3v) is 4.54. The third kappa shape index (κ3) is 3.57. The van der Waals surface area contributed by atoms with Crippen molar-refractivity contribution in [1.82, 2.24) is 19.7 Å². The molecule has 0 aliphatic carbocycles. The lowest BCUT2D eigenvalue weighted by Gasteiger charge is -2.06. The molecule has 23 heavy (non-hydrogen) atoms. The summed E-state index contributed by atoms with van der Waals surface area (Å²) in [6.45, 7) is 0. The van der Waals surface area contributed by atoms with Gasteiger partial charge in [-0.2, -0.15) is 5.10 Å². The van der Waals surface area contributed by atoms with E-state index in [1.807, 2.05) is 31.4 Å². The highest BCUT2D eigenvalue weighted by Crippen LogP contribution is 2.30. The molecule has 0 saturated heterocycles. The van der Waals surface area contributed by atoms with Crippen LogP contribution in [0, 0.1) is 0 Å². The Balaban J connectivity index is 1.76. The Kier molecular flexibility index (Phi) is 4.40. The van der Waals surface area contributed by atoms with Gasteiger partial charge in [0.15, 0.2) is 0 Å². The number of rotatable bonds is 4. The van der Waals surface area contributed by atoms with Gasteiger partial charge in [-0.1, -0.05) is 23.7 Å². The molecule has 1 aromatic carbocycles. The summed E-state index contributed by atoms with van der Waals surface area (Å²) in [5.74, 6) is 0.620. The van der Waals surface area contributed by atoms with Crippen LogP contribution in [0.1, 0.15) is 5.56 Å². The molecule has 3 aromatic rings. The summed E-state index contributed by atoms with van der Waals surface area (Å²) in [5.41, 5.74) is 1.59. The molecule has 0 bridgehead atoms. The van der Waals surface area contributed by atoms with Crippen molar-refractivity contribution in [2.45, 2.75) is 10.8 Å². The summed E-state index contributed by atoms with van der Waals surface area (Å²) >= 11 is 7.76. The van der Waals surface area contributed by atoms with Gasteiger partial charge >= 0.3 is 11.1 Å². The molecule has 8 heteroatoms. The number of nitrogens with one attached hydrogen (secondary N) is 2. The van der Waals surface area contributed by atoms with E-state index in [1.165, 1.54) is 18.0 Å². The van der Waals surface area contributed by atoms with E-state index in [0.29, 0.717) is 15.8 Å². The number of halogens is 1. The van der Waals surface area contributed by atoms with Crippen LogP contribution in [0.15, 0.2) is 51.4 Å². The van der Waals surface area contributed by atoms with Gasteiger partial charge < -0.3 is 9.97 Å². The van der Waals surface area contributed by atoms with Gasteiger partial charge in [0.2, 0.25) is 0 Å². The van der Waals surface area contributed by atoms with Gasteiger partial charge in [0, 0.05) is 41.3 Å². The number of aromatic amines is 2. The number of thioether (sulfide) groups is 1. The molecule has 2 aromatic heterocycles. The van der Waals surface area contributed by atoms with Crippen molar-refractivity contribution in [3.8, 4) is 11.1 Å². The van der Waals surface area contributed by atoms with E-state index < -0.39 is 11.1 Å². The second kappa shape index (κ2) is 6.47. The van der Waals surface area contributed by atoms with E-state index >= 15 is 0 Å². The van der Waals surface area contributed by atoms with Crippen molar-refractivity contribution in [3.05, 3.63) is 68.1 Å². The molecule has 118 valence electrons. The first-order valence-corrected chi connectivity index (χ1v) is 8.11. The van der Waals surface area contributed by atoms with Gasteiger partial charge in [-0.3, -0.25) is 14.3 Å². The predicted octanol–water partition coefficient (Wildman–Crippen LogP) is 2.41. The van der Waals surface area contributed by atoms with Crippen LogP contribution in [0.5, 0.6) is 0 Å². The second-order valence-electron chi connectivity index (χ2n) is 4.94. The number of hydrogen-bond acceptors (Lipinski definition) is 4. The van der Waals surface area contributed by atoms with Crippen molar-refractivity contribution < 1.29 is 0 Å². The molecule has 0 aliphatic rings. The van der Waals surface area contributed by atoms with E-state index in [4.69, 9.17) is 11.6 Å². The maximum absolute atomic E-state index is 11.3. The summed E-state index contributed by atoms with van der Waals surface area (Å²) in [6, 6.07) is 5.82. The maximum atomic E-state index is 11.3. The molecule has 2 N–H and O–H groups in total. The van der Waals surface area contributed by atoms with Crippen LogP contribution < -0.4 is 11.1 Å². The Morgan fingerprint density at radius 3 is 2.78 bits per heavy atom. The Morgan fingerprint density at radius 2 is 2.13 bits per heavy atom. The van der Waals surface area contributed by atoms with Gasteiger partial charge in [-0.25, -0.2) is 0 Å². The molecule has 0 atom stereocenters. The molecule has 2 heterocycles. The summed E-state index contributed by atoms with van der Waals surface area (Å²) in [5, 5.41) is 5.38. The second-order valence-corrected chi connectivity index (χ2v) is 6.37. The molecular formula is C15H13ClN4O2S. The molecule has 3 rings (SSSR count). The fourth-order valence-corrected chi connectivity index (χ4v) is 3.20. The van der Waals surface area contributed by atoms with Gasteiger partial charge in [0.1, 0.15) is 0 Å². The van der Waals surface area contributed by atoms with E-state index in [1.54, 1.807) is 10.9 Å². The minimum Gasteiger partial charge on any atom is -0.322 e. The van der Waals surface area contributed by atoms with Crippen LogP contribution in [0.2, 0.25) is 5.02 Å². The summed E-state index contributed by atoms with van der Waals surface area (Å²) < 4.78 is 1.72. The van der Waals surface area contributed by atoms with E-state index in [9.17, 15) is 9.59 Å². The summed E-state index contributed by atoms with van der Waals surface area (Å²) in [4.78, 5) is 27.2. The lowest BCUT2D eigenvalue weighted by molar-refractivity contribution is 0.768. The fraction of sp³-hybridized carbons (Fsp3) is 0.133. The van der Waals surface area contributed by atoms with Crippen molar-refractivity contribution in [2.24, 2.45) is 7.05 Å². The maximum Gasteiger partial charge on any atom is 0.314 e. The van der Waals surface area contributed by atoms with Crippen molar-refractivity contribution >= 4 is 23.4 Å². The van der Waals surface area contributed by atoms with Crippen LogP contribution in [0.25, 0.3) is 11.1 Å². The highest BCUT2D eigenvalue weighted by Gasteiger charge is 2.07. The first-order chi connectivity index (χ1) is 11.0. The van der Waals surface area contributed by atoms with Crippen molar-refractivity contribution in [2.75, 3.05) is 0 Å². The number of hydrogen-bond donors (Lipinski definition) is 2. The number of aromatic nitrogens is 4. The van der Waals surface area contributed by atoms with E-state index in [0.717, 1.165) is 16.7 Å². The molecular weight excluding hydrogens is 336 g/mol. The summed E-state index contributed by atoms with van der Waals surface area (Å²) in [6.07, 6.45) is 5.15. The number of H-pyrrole nitrogens is 2. The standard InChI is InChI=1S/C15H13ClN4O2S/c1-20-7-10(5-18-20)11-3-2-9(4-12(11)16)8-23-13-6-17-14(21)15(22)19-13/h2-7H,8H2,1H3,(H,17,21)(H,19,22). The lowest BCUT2D eigenvalue weighted by atomic mass is 10.1.